The fourth-order valence-corrected chi connectivity index (χ4v) is 2.48. The van der Waals surface area contributed by atoms with E-state index < -0.39 is 18.0 Å². The summed E-state index contributed by atoms with van der Waals surface area (Å²) < 4.78 is 1.18. The van der Waals surface area contributed by atoms with Crippen molar-refractivity contribution >= 4 is 23.7 Å². The van der Waals surface area contributed by atoms with Gasteiger partial charge >= 0.3 is 11.9 Å². The lowest BCUT2D eigenvalue weighted by molar-refractivity contribution is -0.139. The highest BCUT2D eigenvalue weighted by atomic mass is 32.2. The first kappa shape index (κ1) is 16.8. The number of carbonyl (C=O) groups is 2. The van der Waals surface area contributed by atoms with E-state index in [-0.39, 0.29) is 13.0 Å². The molecular formula is C12H14N6O4S. The van der Waals surface area contributed by atoms with Crippen LogP contribution in [0.4, 0.5) is 0 Å². The maximum atomic E-state index is 10.8. The van der Waals surface area contributed by atoms with Gasteiger partial charge in [0.2, 0.25) is 5.16 Å². The number of aliphatic carboxylic acids is 2. The summed E-state index contributed by atoms with van der Waals surface area (Å²) in [6.07, 6.45) is 0.130. The van der Waals surface area contributed by atoms with E-state index in [4.69, 9.17) is 15.9 Å². The average molecular weight is 338 g/mol. The van der Waals surface area contributed by atoms with Gasteiger partial charge in [-0.05, 0) is 22.6 Å². The van der Waals surface area contributed by atoms with E-state index in [0.29, 0.717) is 22.3 Å². The van der Waals surface area contributed by atoms with Gasteiger partial charge in [-0.1, -0.05) is 17.8 Å². The van der Waals surface area contributed by atoms with Crippen LogP contribution in [0.1, 0.15) is 11.4 Å². The monoisotopic (exact) mass is 338 g/mol. The second kappa shape index (κ2) is 7.65. The van der Waals surface area contributed by atoms with Crippen LogP contribution in [0.3, 0.4) is 0 Å². The first-order chi connectivity index (χ1) is 11.0. The summed E-state index contributed by atoms with van der Waals surface area (Å²) in [6, 6.07) is 4.22. The molecule has 0 spiro atoms. The van der Waals surface area contributed by atoms with Crippen molar-refractivity contribution in [3.63, 3.8) is 0 Å². The van der Waals surface area contributed by atoms with Gasteiger partial charge in [0.05, 0.1) is 5.69 Å². The molecule has 2 aromatic rings. The van der Waals surface area contributed by atoms with E-state index >= 15 is 0 Å². The van der Waals surface area contributed by atoms with Gasteiger partial charge in [-0.25, -0.2) is 4.68 Å². The number of tetrazole rings is 1. The van der Waals surface area contributed by atoms with Crippen molar-refractivity contribution in [1.29, 1.82) is 0 Å². The fourth-order valence-electron chi connectivity index (χ4n) is 1.70. The van der Waals surface area contributed by atoms with Crippen molar-refractivity contribution in [1.82, 2.24) is 25.2 Å². The van der Waals surface area contributed by atoms with Crippen molar-refractivity contribution in [2.24, 2.45) is 5.73 Å². The highest BCUT2D eigenvalue weighted by molar-refractivity contribution is 7.98. The van der Waals surface area contributed by atoms with Gasteiger partial charge in [0.1, 0.15) is 12.6 Å². The number of hydrogen-bond acceptors (Lipinski definition) is 8. The molecule has 122 valence electrons. The zero-order chi connectivity index (χ0) is 16.8. The molecule has 11 heteroatoms. The highest BCUT2D eigenvalue weighted by Crippen LogP contribution is 2.19. The van der Waals surface area contributed by atoms with Crippen molar-refractivity contribution < 1.29 is 19.8 Å². The number of carboxylic acids is 2. The Hall–Kier alpha value is -2.53. The number of pyridine rings is 1. The van der Waals surface area contributed by atoms with Gasteiger partial charge in [-0.3, -0.25) is 14.6 Å². The number of nitrogens with zero attached hydrogens (tertiary/aromatic N) is 5. The summed E-state index contributed by atoms with van der Waals surface area (Å²) in [5, 5.41) is 28.7. The molecule has 0 fully saturated rings. The molecule has 1 unspecified atom stereocenters. The first-order valence-electron chi connectivity index (χ1n) is 6.49. The van der Waals surface area contributed by atoms with Crippen LogP contribution in [0.5, 0.6) is 0 Å². The van der Waals surface area contributed by atoms with Crippen molar-refractivity contribution in [2.45, 2.75) is 29.9 Å². The molecule has 0 aliphatic rings. The van der Waals surface area contributed by atoms with E-state index in [2.05, 4.69) is 20.5 Å². The van der Waals surface area contributed by atoms with Gasteiger partial charge in [0, 0.05) is 17.9 Å². The quantitative estimate of drug-likeness (QED) is 0.531. The lowest BCUT2D eigenvalue weighted by atomic mass is 10.1. The Labute approximate surface area is 134 Å². The second-order valence-electron chi connectivity index (χ2n) is 4.57. The Morgan fingerprint density at radius 2 is 2.04 bits per heavy atom. The maximum absolute atomic E-state index is 10.8. The Balaban J connectivity index is 2.00. The minimum absolute atomic E-state index is 0.130. The first-order valence-corrected chi connectivity index (χ1v) is 7.48. The Kier molecular flexibility index (Phi) is 5.60. The highest BCUT2D eigenvalue weighted by Gasteiger charge is 2.14. The number of rotatable bonds is 8. The van der Waals surface area contributed by atoms with Crippen LogP contribution in [-0.2, 0) is 28.3 Å². The van der Waals surface area contributed by atoms with Crippen LogP contribution in [-0.4, -0.2) is 53.4 Å². The third kappa shape index (κ3) is 5.00. The number of aromatic nitrogens is 5. The molecule has 23 heavy (non-hydrogen) atoms. The molecule has 10 nitrogen and oxygen atoms in total. The molecule has 2 heterocycles. The summed E-state index contributed by atoms with van der Waals surface area (Å²) in [5.41, 5.74) is 6.75. The molecule has 0 aliphatic carbocycles. The Morgan fingerprint density at radius 1 is 1.30 bits per heavy atom. The Morgan fingerprint density at radius 3 is 2.74 bits per heavy atom. The van der Waals surface area contributed by atoms with Crippen LogP contribution in [0.2, 0.25) is 0 Å². The summed E-state index contributed by atoms with van der Waals surface area (Å²) in [6.45, 7) is -0.323. The molecule has 0 saturated heterocycles. The van der Waals surface area contributed by atoms with E-state index in [1.165, 1.54) is 16.4 Å². The summed E-state index contributed by atoms with van der Waals surface area (Å²) in [5.74, 6) is -1.71. The van der Waals surface area contributed by atoms with Gasteiger partial charge in [0.25, 0.3) is 0 Å². The largest absolute Gasteiger partial charge is 0.480 e. The van der Waals surface area contributed by atoms with Gasteiger partial charge in [-0.2, -0.15) is 0 Å². The van der Waals surface area contributed by atoms with Crippen molar-refractivity contribution in [3.05, 3.63) is 29.6 Å². The minimum Gasteiger partial charge on any atom is -0.480 e. The van der Waals surface area contributed by atoms with Crippen LogP contribution in [0, 0.1) is 0 Å². The molecule has 0 radical (unpaired) electrons. The van der Waals surface area contributed by atoms with Gasteiger partial charge in [-0.15, -0.1) is 5.10 Å². The fraction of sp³-hybridized carbons (Fsp3) is 0.333. The van der Waals surface area contributed by atoms with Crippen LogP contribution in [0.15, 0.2) is 23.4 Å². The normalized spacial score (nSPS) is 12.0. The van der Waals surface area contributed by atoms with E-state index in [0.717, 1.165) is 0 Å². The molecule has 0 amide bonds. The zero-order valence-corrected chi connectivity index (χ0v) is 12.7. The number of carboxylic acid groups (broad SMARTS) is 2. The molecule has 2 aromatic heterocycles. The predicted octanol–water partition coefficient (Wildman–Crippen LogP) is -0.601. The lowest BCUT2D eigenvalue weighted by Crippen LogP contribution is -2.32. The molecule has 0 bridgehead atoms. The smallest absolute Gasteiger partial charge is 0.325 e. The lowest BCUT2D eigenvalue weighted by Gasteiger charge is -2.07. The standard InChI is InChI=1S/C12H14N6O4S/c13-9(11(21)22)4-7-2-1-3-8(14-7)6-23-12-15-16-17-18(12)5-10(19)20/h1-3,9H,4-6,13H2,(H,19,20)(H,21,22). The summed E-state index contributed by atoms with van der Waals surface area (Å²) in [7, 11) is 0. The third-order valence-electron chi connectivity index (χ3n) is 2.74. The molecule has 0 aliphatic heterocycles. The van der Waals surface area contributed by atoms with Crippen LogP contribution in [0.25, 0.3) is 0 Å². The van der Waals surface area contributed by atoms with Crippen LogP contribution < -0.4 is 5.73 Å². The SMILES string of the molecule is NC(Cc1cccc(CSc2nnnn2CC(=O)O)n1)C(=O)O. The van der Waals surface area contributed by atoms with E-state index in [1.807, 2.05) is 0 Å². The second-order valence-corrected chi connectivity index (χ2v) is 5.51. The summed E-state index contributed by atoms with van der Waals surface area (Å²) in [4.78, 5) is 25.8. The van der Waals surface area contributed by atoms with Crippen molar-refractivity contribution in [2.75, 3.05) is 0 Å². The number of thioether (sulfide) groups is 1. The maximum Gasteiger partial charge on any atom is 0.325 e. The topological polar surface area (TPSA) is 157 Å². The molecule has 1 atom stereocenters. The van der Waals surface area contributed by atoms with Crippen LogP contribution >= 0.6 is 11.8 Å². The molecular weight excluding hydrogens is 324 g/mol. The molecule has 2 rings (SSSR count). The number of hydrogen-bond donors (Lipinski definition) is 3. The van der Waals surface area contributed by atoms with Gasteiger partial charge < -0.3 is 15.9 Å². The van der Waals surface area contributed by atoms with Crippen molar-refractivity contribution in [3.8, 4) is 0 Å². The summed E-state index contributed by atoms with van der Waals surface area (Å²) >= 11 is 1.24. The number of nitrogens with two attached hydrogens (primary N) is 1. The third-order valence-corrected chi connectivity index (χ3v) is 3.73. The average Bonchev–Trinajstić information content (AvgIpc) is 2.92. The molecule has 0 saturated carbocycles. The zero-order valence-electron chi connectivity index (χ0n) is 11.9. The van der Waals surface area contributed by atoms with E-state index in [1.54, 1.807) is 18.2 Å². The van der Waals surface area contributed by atoms with Gasteiger partial charge in [0.15, 0.2) is 0 Å². The van der Waals surface area contributed by atoms with E-state index in [9.17, 15) is 9.59 Å². The predicted molar refractivity (Wildman–Crippen MR) is 78.6 cm³/mol. The molecule has 0 aromatic carbocycles. The minimum atomic E-state index is -1.08. The Bertz CT molecular complexity index is 706. The molecule has 4 N–H and O–H groups in total.